The summed E-state index contributed by atoms with van der Waals surface area (Å²) in [5.74, 6) is 1.41. The van der Waals surface area contributed by atoms with Crippen LogP contribution in [-0.4, -0.2) is 49.2 Å². The first-order valence-corrected chi connectivity index (χ1v) is 10.4. The second kappa shape index (κ2) is 9.47. The van der Waals surface area contributed by atoms with Crippen LogP contribution in [0.3, 0.4) is 0 Å². The van der Waals surface area contributed by atoms with E-state index in [2.05, 4.69) is 49.4 Å². The third-order valence-electron chi connectivity index (χ3n) is 5.43. The van der Waals surface area contributed by atoms with E-state index in [1.54, 1.807) is 19.5 Å². The number of carbonyl (C=O) groups is 1. The number of ether oxygens (including phenoxy) is 1. The fourth-order valence-corrected chi connectivity index (χ4v) is 3.79. The van der Waals surface area contributed by atoms with Crippen LogP contribution in [-0.2, 0) is 11.2 Å². The van der Waals surface area contributed by atoms with Crippen molar-refractivity contribution in [1.29, 1.82) is 0 Å². The summed E-state index contributed by atoms with van der Waals surface area (Å²) in [5.41, 5.74) is 3.78. The summed E-state index contributed by atoms with van der Waals surface area (Å²) in [4.78, 5) is 25.9. The van der Waals surface area contributed by atoms with Crippen LogP contribution in [0.5, 0.6) is 5.75 Å². The number of anilines is 3. The number of aryl methyl sites for hydroxylation is 1. The Kier molecular flexibility index (Phi) is 6.31. The predicted octanol–water partition coefficient (Wildman–Crippen LogP) is 3.30. The average Bonchev–Trinajstić information content (AvgIpc) is 2.80. The van der Waals surface area contributed by atoms with E-state index in [9.17, 15) is 4.79 Å². The Labute approximate surface area is 182 Å². The van der Waals surface area contributed by atoms with E-state index in [1.807, 2.05) is 31.2 Å². The predicted molar refractivity (Wildman–Crippen MR) is 123 cm³/mol. The fourth-order valence-electron chi connectivity index (χ4n) is 3.79. The molecule has 1 N–H and O–H groups in total. The minimum atomic E-state index is -0.0996. The summed E-state index contributed by atoms with van der Waals surface area (Å²) >= 11 is 0. The van der Waals surface area contributed by atoms with Crippen LogP contribution in [0.2, 0.25) is 0 Å². The van der Waals surface area contributed by atoms with Gasteiger partial charge in [0.2, 0.25) is 11.9 Å². The van der Waals surface area contributed by atoms with Gasteiger partial charge in [0.25, 0.3) is 0 Å². The van der Waals surface area contributed by atoms with Crippen molar-refractivity contribution in [1.82, 2.24) is 9.97 Å². The summed E-state index contributed by atoms with van der Waals surface area (Å²) in [7, 11) is 1.64. The van der Waals surface area contributed by atoms with E-state index >= 15 is 0 Å². The highest BCUT2D eigenvalue weighted by molar-refractivity contribution is 5.92. The van der Waals surface area contributed by atoms with Gasteiger partial charge in [-0.15, -0.1) is 0 Å². The van der Waals surface area contributed by atoms with Gasteiger partial charge in [-0.05, 0) is 36.2 Å². The van der Waals surface area contributed by atoms with Crippen molar-refractivity contribution < 1.29 is 9.53 Å². The van der Waals surface area contributed by atoms with Gasteiger partial charge in [0.15, 0.2) is 0 Å². The topological polar surface area (TPSA) is 70.6 Å². The zero-order chi connectivity index (χ0) is 21.6. The molecule has 31 heavy (non-hydrogen) atoms. The summed E-state index contributed by atoms with van der Waals surface area (Å²) in [6.45, 7) is 5.53. The van der Waals surface area contributed by atoms with Crippen LogP contribution in [0.15, 0.2) is 60.9 Å². The number of aromatic nitrogens is 2. The van der Waals surface area contributed by atoms with Gasteiger partial charge in [-0.3, -0.25) is 4.79 Å². The maximum absolute atomic E-state index is 12.4. The van der Waals surface area contributed by atoms with Crippen molar-refractivity contribution in [2.24, 2.45) is 0 Å². The summed E-state index contributed by atoms with van der Waals surface area (Å²) in [5, 5.41) is 2.88. The molecule has 0 unspecified atom stereocenters. The number of piperazine rings is 1. The fraction of sp³-hybridized carbons (Fsp3) is 0.292. The lowest BCUT2D eigenvalue weighted by atomic mass is 10.1. The van der Waals surface area contributed by atoms with Crippen LogP contribution < -0.4 is 19.9 Å². The van der Waals surface area contributed by atoms with Crippen molar-refractivity contribution in [2.45, 2.75) is 13.3 Å². The van der Waals surface area contributed by atoms with E-state index in [1.165, 1.54) is 5.69 Å². The second-order valence-electron chi connectivity index (χ2n) is 7.61. The minimum absolute atomic E-state index is 0.0996. The molecule has 1 aromatic heterocycles. The molecule has 0 bridgehead atoms. The first-order chi connectivity index (χ1) is 15.1. The number of rotatable bonds is 6. The normalized spacial score (nSPS) is 13.7. The Bertz CT molecular complexity index is 1020. The maximum atomic E-state index is 12.4. The largest absolute Gasteiger partial charge is 0.496 e. The van der Waals surface area contributed by atoms with Crippen LogP contribution in [0, 0.1) is 6.92 Å². The lowest BCUT2D eigenvalue weighted by Gasteiger charge is -2.36. The van der Waals surface area contributed by atoms with Gasteiger partial charge in [-0.2, -0.15) is 0 Å². The van der Waals surface area contributed by atoms with Crippen molar-refractivity contribution in [3.63, 3.8) is 0 Å². The summed E-state index contributed by atoms with van der Waals surface area (Å²) in [6, 6.07) is 16.2. The first kappa shape index (κ1) is 20.7. The molecule has 0 spiro atoms. The van der Waals surface area contributed by atoms with E-state index < -0.39 is 0 Å². The number of para-hydroxylation sites is 1. The van der Waals surface area contributed by atoms with E-state index in [4.69, 9.17) is 4.74 Å². The molecule has 1 amide bonds. The first-order valence-electron chi connectivity index (χ1n) is 10.4. The lowest BCUT2D eigenvalue weighted by molar-refractivity contribution is -0.115. The minimum Gasteiger partial charge on any atom is -0.496 e. The summed E-state index contributed by atoms with van der Waals surface area (Å²) < 4.78 is 5.27. The molecule has 0 atom stereocenters. The number of benzene rings is 2. The highest BCUT2D eigenvalue weighted by Gasteiger charge is 2.19. The third-order valence-corrected chi connectivity index (χ3v) is 5.43. The third kappa shape index (κ3) is 5.12. The van der Waals surface area contributed by atoms with Crippen molar-refractivity contribution in [3.05, 3.63) is 72.1 Å². The van der Waals surface area contributed by atoms with Crippen LogP contribution in [0.4, 0.5) is 17.3 Å². The Hall–Kier alpha value is -3.61. The Morgan fingerprint density at radius 3 is 2.32 bits per heavy atom. The van der Waals surface area contributed by atoms with Crippen LogP contribution in [0.25, 0.3) is 0 Å². The molecular weight excluding hydrogens is 390 g/mol. The van der Waals surface area contributed by atoms with E-state index in [0.717, 1.165) is 43.1 Å². The molecule has 1 aliphatic heterocycles. The maximum Gasteiger partial charge on any atom is 0.228 e. The number of amides is 1. The van der Waals surface area contributed by atoms with Gasteiger partial charge in [0.05, 0.1) is 31.6 Å². The molecule has 1 aliphatic rings. The molecule has 2 aromatic carbocycles. The molecule has 0 aliphatic carbocycles. The number of hydrogen-bond donors (Lipinski definition) is 1. The molecule has 7 heteroatoms. The van der Waals surface area contributed by atoms with Crippen LogP contribution >= 0.6 is 0 Å². The molecule has 7 nitrogen and oxygen atoms in total. The molecule has 3 aromatic rings. The van der Waals surface area contributed by atoms with E-state index in [0.29, 0.717) is 11.6 Å². The molecule has 1 saturated heterocycles. The molecule has 160 valence electrons. The number of nitrogens with zero attached hydrogens (tertiary/aromatic N) is 4. The molecule has 1 fully saturated rings. The van der Waals surface area contributed by atoms with Gasteiger partial charge in [0.1, 0.15) is 5.75 Å². The standard InChI is InChI=1S/C24H27N5O2/c1-18-14-19(8-9-22(18)31-2)15-23(30)27-20-16-25-24(26-17-20)29-12-10-28(11-13-29)21-6-4-3-5-7-21/h3-9,14,16-17H,10-13,15H2,1-2H3,(H,27,30). The van der Waals surface area contributed by atoms with Gasteiger partial charge < -0.3 is 19.9 Å². The molecule has 4 rings (SSSR count). The van der Waals surface area contributed by atoms with Gasteiger partial charge in [-0.25, -0.2) is 9.97 Å². The highest BCUT2D eigenvalue weighted by atomic mass is 16.5. The molecule has 2 heterocycles. The zero-order valence-corrected chi connectivity index (χ0v) is 17.9. The Balaban J connectivity index is 1.30. The van der Waals surface area contributed by atoms with Gasteiger partial charge >= 0.3 is 0 Å². The SMILES string of the molecule is COc1ccc(CC(=O)Nc2cnc(N3CCN(c4ccccc4)CC3)nc2)cc1C. The molecular formula is C24H27N5O2. The van der Waals surface area contributed by atoms with Gasteiger partial charge in [0, 0.05) is 31.9 Å². The number of carbonyl (C=O) groups excluding carboxylic acids is 1. The van der Waals surface area contributed by atoms with Crippen LogP contribution in [0.1, 0.15) is 11.1 Å². The van der Waals surface area contributed by atoms with E-state index in [-0.39, 0.29) is 12.3 Å². The smallest absolute Gasteiger partial charge is 0.228 e. The number of methoxy groups -OCH3 is 1. The van der Waals surface area contributed by atoms with Crippen molar-refractivity contribution in [2.75, 3.05) is 48.4 Å². The number of nitrogens with one attached hydrogen (secondary N) is 1. The number of hydrogen-bond acceptors (Lipinski definition) is 6. The quantitative estimate of drug-likeness (QED) is 0.664. The second-order valence-corrected chi connectivity index (χ2v) is 7.61. The molecule has 0 saturated carbocycles. The lowest BCUT2D eigenvalue weighted by Crippen LogP contribution is -2.47. The highest BCUT2D eigenvalue weighted by Crippen LogP contribution is 2.20. The van der Waals surface area contributed by atoms with Crippen molar-refractivity contribution in [3.8, 4) is 5.75 Å². The van der Waals surface area contributed by atoms with Gasteiger partial charge in [-0.1, -0.05) is 30.3 Å². The average molecular weight is 418 g/mol. The summed E-state index contributed by atoms with van der Waals surface area (Å²) in [6.07, 6.45) is 3.63. The van der Waals surface area contributed by atoms with Crippen molar-refractivity contribution >= 4 is 23.2 Å². The monoisotopic (exact) mass is 417 g/mol. The zero-order valence-electron chi connectivity index (χ0n) is 17.9. The molecule has 0 radical (unpaired) electrons. The Morgan fingerprint density at radius 2 is 1.68 bits per heavy atom. The Morgan fingerprint density at radius 1 is 1.00 bits per heavy atom.